The molecule has 0 atom stereocenters. The second kappa shape index (κ2) is 11.5. The molecular weight excluding hydrogens is 308 g/mol. The fourth-order valence-corrected chi connectivity index (χ4v) is 2.94. The van der Waals surface area contributed by atoms with Crippen molar-refractivity contribution < 1.29 is 9.53 Å². The van der Waals surface area contributed by atoms with E-state index >= 15 is 0 Å². The molecule has 2 heteroatoms. The van der Waals surface area contributed by atoms with Crippen LogP contribution in [0, 0.1) is 0 Å². The maximum Gasteiger partial charge on any atom is 0.150 e. The van der Waals surface area contributed by atoms with Crippen LogP contribution < -0.4 is 4.74 Å². The van der Waals surface area contributed by atoms with Crippen LogP contribution >= 0.6 is 0 Å². The molecule has 0 unspecified atom stereocenters. The number of rotatable bonds is 12. The van der Waals surface area contributed by atoms with Gasteiger partial charge in [0.05, 0.1) is 0 Å². The van der Waals surface area contributed by atoms with Crippen molar-refractivity contribution in [3.05, 3.63) is 59.7 Å². The Morgan fingerprint density at radius 1 is 0.720 bits per heavy atom. The van der Waals surface area contributed by atoms with Crippen molar-refractivity contribution in [2.75, 3.05) is 0 Å². The van der Waals surface area contributed by atoms with Gasteiger partial charge in [-0.15, -0.1) is 0 Å². The minimum absolute atomic E-state index is 0.660. The summed E-state index contributed by atoms with van der Waals surface area (Å²) in [6.07, 6.45) is 12.8. The summed E-state index contributed by atoms with van der Waals surface area (Å²) in [4.78, 5) is 10.7. The highest BCUT2D eigenvalue weighted by Gasteiger charge is 1.99. The van der Waals surface area contributed by atoms with Crippen LogP contribution in [0.3, 0.4) is 0 Å². The maximum atomic E-state index is 10.7. The van der Waals surface area contributed by atoms with E-state index in [9.17, 15) is 4.79 Å². The summed E-state index contributed by atoms with van der Waals surface area (Å²) in [5.74, 6) is 1.58. The van der Waals surface area contributed by atoms with Gasteiger partial charge in [0, 0.05) is 5.56 Å². The highest BCUT2D eigenvalue weighted by atomic mass is 16.5. The Balaban J connectivity index is 1.66. The second-order valence-electron chi connectivity index (χ2n) is 6.66. The van der Waals surface area contributed by atoms with Gasteiger partial charge in [-0.25, -0.2) is 0 Å². The zero-order valence-electron chi connectivity index (χ0n) is 15.4. The summed E-state index contributed by atoms with van der Waals surface area (Å²) in [5.41, 5.74) is 2.03. The third kappa shape index (κ3) is 7.55. The van der Waals surface area contributed by atoms with Crippen LogP contribution in [0.25, 0.3) is 0 Å². The van der Waals surface area contributed by atoms with Gasteiger partial charge in [-0.3, -0.25) is 4.79 Å². The molecule has 0 saturated heterocycles. The van der Waals surface area contributed by atoms with Gasteiger partial charge in [-0.2, -0.15) is 0 Å². The molecule has 2 aromatic carbocycles. The van der Waals surface area contributed by atoms with Crippen LogP contribution in [0.1, 0.15) is 74.2 Å². The Bertz CT molecular complexity index is 599. The van der Waals surface area contributed by atoms with Gasteiger partial charge in [-0.05, 0) is 54.8 Å². The molecule has 25 heavy (non-hydrogen) atoms. The van der Waals surface area contributed by atoms with Crippen molar-refractivity contribution in [1.29, 1.82) is 0 Å². The minimum atomic E-state index is 0.660. The van der Waals surface area contributed by atoms with Crippen molar-refractivity contribution in [3.8, 4) is 11.5 Å². The molecule has 0 aromatic heterocycles. The Hall–Kier alpha value is -2.09. The lowest BCUT2D eigenvalue weighted by Gasteiger charge is -2.07. The molecule has 0 saturated carbocycles. The van der Waals surface area contributed by atoms with E-state index in [4.69, 9.17) is 4.74 Å². The second-order valence-corrected chi connectivity index (χ2v) is 6.66. The first-order chi connectivity index (χ1) is 12.3. The lowest BCUT2D eigenvalue weighted by atomic mass is 10.0. The summed E-state index contributed by atoms with van der Waals surface area (Å²) in [6.45, 7) is 2.26. The Labute approximate surface area is 152 Å². The van der Waals surface area contributed by atoms with Gasteiger partial charge < -0.3 is 4.74 Å². The van der Waals surface area contributed by atoms with E-state index in [-0.39, 0.29) is 0 Å². The van der Waals surface area contributed by atoms with Crippen LogP contribution in [0.5, 0.6) is 11.5 Å². The molecule has 0 aliphatic heterocycles. The standard InChI is InChI=1S/C23H30O2/c1-2-3-4-5-6-7-8-9-10-20-11-15-22(16-12-20)25-23-17-13-21(19-24)14-18-23/h11-19H,2-10H2,1H3. The lowest BCUT2D eigenvalue weighted by Crippen LogP contribution is -1.89. The van der Waals surface area contributed by atoms with Crippen molar-refractivity contribution in [3.63, 3.8) is 0 Å². The number of aryl methyl sites for hydroxylation is 1. The molecule has 2 nitrogen and oxygen atoms in total. The molecule has 0 amide bonds. The van der Waals surface area contributed by atoms with Gasteiger partial charge in [0.15, 0.2) is 0 Å². The summed E-state index contributed by atoms with van der Waals surface area (Å²) in [6, 6.07) is 15.5. The van der Waals surface area contributed by atoms with E-state index in [0.717, 1.165) is 24.2 Å². The molecule has 0 heterocycles. The minimum Gasteiger partial charge on any atom is -0.457 e. The van der Waals surface area contributed by atoms with E-state index in [1.165, 1.54) is 56.9 Å². The van der Waals surface area contributed by atoms with E-state index in [1.807, 2.05) is 24.3 Å². The number of hydrogen-bond acceptors (Lipinski definition) is 2. The maximum absolute atomic E-state index is 10.7. The predicted octanol–water partition coefficient (Wildman–Crippen LogP) is 6.97. The number of aldehydes is 1. The van der Waals surface area contributed by atoms with E-state index in [1.54, 1.807) is 12.1 Å². The molecule has 2 aromatic rings. The number of ether oxygens (including phenoxy) is 1. The summed E-state index contributed by atoms with van der Waals surface area (Å²) in [7, 11) is 0. The van der Waals surface area contributed by atoms with Crippen molar-refractivity contribution in [1.82, 2.24) is 0 Å². The van der Waals surface area contributed by atoms with Crippen LogP contribution in [-0.4, -0.2) is 6.29 Å². The average molecular weight is 338 g/mol. The molecule has 0 N–H and O–H groups in total. The van der Waals surface area contributed by atoms with Crippen molar-refractivity contribution in [2.45, 2.75) is 64.7 Å². The molecule has 0 fully saturated rings. The highest BCUT2D eigenvalue weighted by Crippen LogP contribution is 2.22. The van der Waals surface area contributed by atoms with E-state index < -0.39 is 0 Å². The first-order valence-electron chi connectivity index (χ1n) is 9.64. The lowest BCUT2D eigenvalue weighted by molar-refractivity contribution is 0.112. The number of carbonyl (C=O) groups is 1. The first kappa shape index (κ1) is 19.2. The Morgan fingerprint density at radius 2 is 1.24 bits per heavy atom. The molecule has 0 aliphatic rings. The summed E-state index contributed by atoms with van der Waals surface area (Å²) < 4.78 is 5.81. The predicted molar refractivity (Wildman–Crippen MR) is 105 cm³/mol. The average Bonchev–Trinajstić information content (AvgIpc) is 2.66. The van der Waals surface area contributed by atoms with E-state index in [2.05, 4.69) is 19.1 Å². The third-order valence-corrected chi connectivity index (χ3v) is 4.49. The fraction of sp³-hybridized carbons (Fsp3) is 0.435. The third-order valence-electron chi connectivity index (χ3n) is 4.49. The Kier molecular flexibility index (Phi) is 8.82. The zero-order chi connectivity index (χ0) is 17.7. The van der Waals surface area contributed by atoms with Crippen LogP contribution in [0.15, 0.2) is 48.5 Å². The first-order valence-corrected chi connectivity index (χ1v) is 9.64. The van der Waals surface area contributed by atoms with Crippen LogP contribution in [0.2, 0.25) is 0 Å². The molecule has 0 aliphatic carbocycles. The van der Waals surface area contributed by atoms with Crippen LogP contribution in [-0.2, 0) is 6.42 Å². The van der Waals surface area contributed by atoms with Crippen molar-refractivity contribution in [2.24, 2.45) is 0 Å². The summed E-state index contributed by atoms with van der Waals surface area (Å²) >= 11 is 0. The topological polar surface area (TPSA) is 26.3 Å². The quantitative estimate of drug-likeness (QED) is 0.308. The molecule has 0 radical (unpaired) electrons. The summed E-state index contributed by atoms with van der Waals surface area (Å²) in [5, 5.41) is 0. The largest absolute Gasteiger partial charge is 0.457 e. The van der Waals surface area contributed by atoms with Crippen molar-refractivity contribution >= 4 is 6.29 Å². The monoisotopic (exact) mass is 338 g/mol. The molecule has 134 valence electrons. The SMILES string of the molecule is CCCCCCCCCCc1ccc(Oc2ccc(C=O)cc2)cc1. The number of hydrogen-bond donors (Lipinski definition) is 0. The number of carbonyl (C=O) groups excluding carboxylic acids is 1. The highest BCUT2D eigenvalue weighted by molar-refractivity contribution is 5.74. The molecule has 2 rings (SSSR count). The van der Waals surface area contributed by atoms with Gasteiger partial charge >= 0.3 is 0 Å². The smallest absolute Gasteiger partial charge is 0.150 e. The van der Waals surface area contributed by atoms with Gasteiger partial charge in [0.2, 0.25) is 0 Å². The zero-order valence-corrected chi connectivity index (χ0v) is 15.4. The molecular formula is C23H30O2. The van der Waals surface area contributed by atoms with E-state index in [0.29, 0.717) is 5.56 Å². The van der Waals surface area contributed by atoms with Gasteiger partial charge in [0.25, 0.3) is 0 Å². The molecule has 0 bridgehead atoms. The van der Waals surface area contributed by atoms with Gasteiger partial charge in [0.1, 0.15) is 17.8 Å². The normalized spacial score (nSPS) is 10.6. The van der Waals surface area contributed by atoms with Crippen LogP contribution in [0.4, 0.5) is 0 Å². The molecule has 0 spiro atoms. The number of unbranched alkanes of at least 4 members (excludes halogenated alkanes) is 7. The van der Waals surface area contributed by atoms with Gasteiger partial charge in [-0.1, -0.05) is 64.0 Å². The Morgan fingerprint density at radius 3 is 1.80 bits per heavy atom. The fourth-order valence-electron chi connectivity index (χ4n) is 2.94. The number of benzene rings is 2.